The second kappa shape index (κ2) is 7.83. The third-order valence-corrected chi connectivity index (χ3v) is 4.68. The van der Waals surface area contributed by atoms with Crippen molar-refractivity contribution >= 4 is 27.6 Å². The number of carbonyl (C=O) groups excluding carboxylic acids is 1. The third kappa shape index (κ3) is 4.48. The van der Waals surface area contributed by atoms with Crippen molar-refractivity contribution in [3.63, 3.8) is 0 Å². The van der Waals surface area contributed by atoms with Crippen LogP contribution in [0.4, 0.5) is 16.2 Å². The predicted octanol–water partition coefficient (Wildman–Crippen LogP) is 3.24. The van der Waals surface area contributed by atoms with Crippen molar-refractivity contribution in [2.45, 2.75) is 18.7 Å². The van der Waals surface area contributed by atoms with Crippen molar-refractivity contribution in [2.75, 3.05) is 11.9 Å². The summed E-state index contributed by atoms with van der Waals surface area (Å²) in [5.41, 5.74) is -0.0855. The monoisotopic (exact) mass is 380 g/mol. The van der Waals surface area contributed by atoms with Crippen molar-refractivity contribution in [1.82, 2.24) is 0 Å². The molecule has 0 atom stereocenters. The van der Waals surface area contributed by atoms with Gasteiger partial charge in [-0.05, 0) is 32.0 Å². The van der Waals surface area contributed by atoms with E-state index in [1.807, 2.05) is 0 Å². The molecule has 0 saturated carbocycles. The van der Waals surface area contributed by atoms with Crippen LogP contribution in [-0.2, 0) is 14.9 Å². The highest BCUT2D eigenvalue weighted by Gasteiger charge is 2.24. The maximum absolute atomic E-state index is 12.5. The number of hydrogen-bond donors (Lipinski definition) is 1. The number of rotatable bonds is 6. The number of carbonyl (C=O) groups is 1. The van der Waals surface area contributed by atoms with Gasteiger partial charge in [0.05, 0.1) is 11.5 Å². The van der Waals surface area contributed by atoms with Crippen molar-refractivity contribution < 1.29 is 27.1 Å². The maximum Gasteiger partial charge on any atom is 0.411 e. The molecule has 0 bridgehead atoms. The van der Waals surface area contributed by atoms with E-state index in [0.29, 0.717) is 0 Å². The van der Waals surface area contributed by atoms with Gasteiger partial charge in [0.2, 0.25) is 0 Å². The standard InChI is InChI=1S/C16H16N2O7S/c1-3-24-16(19)17-12-6-4-7-13(10-12)25-26(22,23)15-9-5-8-14(11(15)2)18(20)21/h4-10H,3H2,1-2H3,(H,17,19). The van der Waals surface area contributed by atoms with E-state index in [-0.39, 0.29) is 34.2 Å². The van der Waals surface area contributed by atoms with Gasteiger partial charge in [-0.3, -0.25) is 15.4 Å². The number of nitrogens with one attached hydrogen (secondary N) is 1. The summed E-state index contributed by atoms with van der Waals surface area (Å²) in [6, 6.07) is 9.36. The van der Waals surface area contributed by atoms with Crippen LogP contribution in [0.5, 0.6) is 5.75 Å². The van der Waals surface area contributed by atoms with Crippen LogP contribution in [0.1, 0.15) is 12.5 Å². The molecule has 0 fully saturated rings. The van der Waals surface area contributed by atoms with Gasteiger partial charge in [-0.2, -0.15) is 8.42 Å². The molecule has 26 heavy (non-hydrogen) atoms. The van der Waals surface area contributed by atoms with Crippen LogP contribution in [0.25, 0.3) is 0 Å². The summed E-state index contributed by atoms with van der Waals surface area (Å²) in [4.78, 5) is 21.4. The third-order valence-electron chi connectivity index (χ3n) is 3.28. The number of hydrogen-bond acceptors (Lipinski definition) is 7. The average molecular weight is 380 g/mol. The molecule has 138 valence electrons. The number of ether oxygens (including phenoxy) is 1. The molecule has 0 aliphatic heterocycles. The van der Waals surface area contributed by atoms with Crippen molar-refractivity contribution in [3.8, 4) is 5.75 Å². The SMILES string of the molecule is CCOC(=O)Nc1cccc(OS(=O)(=O)c2cccc([N+](=O)[O-])c2C)c1. The van der Waals surface area contributed by atoms with Gasteiger partial charge < -0.3 is 8.92 Å². The Kier molecular flexibility index (Phi) is 5.78. The zero-order valence-corrected chi connectivity index (χ0v) is 14.8. The molecule has 0 saturated heterocycles. The Hall–Kier alpha value is -3.14. The van der Waals surface area contributed by atoms with E-state index in [1.54, 1.807) is 6.92 Å². The lowest BCUT2D eigenvalue weighted by molar-refractivity contribution is -0.385. The Labute approximate surface area is 149 Å². The second-order valence-corrected chi connectivity index (χ2v) is 6.58. The molecule has 1 amide bonds. The fourth-order valence-corrected chi connectivity index (χ4v) is 3.33. The van der Waals surface area contributed by atoms with Crippen molar-refractivity contribution in [1.29, 1.82) is 0 Å². The Morgan fingerprint density at radius 2 is 1.92 bits per heavy atom. The number of benzene rings is 2. The quantitative estimate of drug-likeness (QED) is 0.463. The fourth-order valence-electron chi connectivity index (χ4n) is 2.15. The maximum atomic E-state index is 12.5. The molecule has 0 aromatic heterocycles. The molecule has 0 unspecified atom stereocenters. The van der Waals surface area contributed by atoms with E-state index in [9.17, 15) is 23.3 Å². The zero-order chi connectivity index (χ0) is 19.3. The smallest absolute Gasteiger partial charge is 0.411 e. The van der Waals surface area contributed by atoms with Crippen LogP contribution < -0.4 is 9.50 Å². The van der Waals surface area contributed by atoms with E-state index in [4.69, 9.17) is 8.92 Å². The van der Waals surface area contributed by atoms with Crippen molar-refractivity contribution in [3.05, 3.63) is 58.1 Å². The molecule has 2 aromatic carbocycles. The predicted molar refractivity (Wildman–Crippen MR) is 92.7 cm³/mol. The molecule has 10 heteroatoms. The normalized spacial score (nSPS) is 10.8. The van der Waals surface area contributed by atoms with E-state index < -0.39 is 21.1 Å². The second-order valence-electron chi connectivity index (χ2n) is 5.07. The van der Waals surface area contributed by atoms with E-state index >= 15 is 0 Å². The topological polar surface area (TPSA) is 125 Å². The highest BCUT2D eigenvalue weighted by molar-refractivity contribution is 7.87. The highest BCUT2D eigenvalue weighted by atomic mass is 32.2. The molecule has 0 aliphatic rings. The summed E-state index contributed by atoms with van der Waals surface area (Å²) in [5.74, 6) is -0.0646. The molecule has 2 aromatic rings. The summed E-state index contributed by atoms with van der Waals surface area (Å²) in [6.45, 7) is 3.16. The van der Waals surface area contributed by atoms with Gasteiger partial charge >= 0.3 is 16.2 Å². The fraction of sp³-hybridized carbons (Fsp3) is 0.188. The first kappa shape index (κ1) is 19.2. The number of amides is 1. The summed E-state index contributed by atoms with van der Waals surface area (Å²) in [5, 5.41) is 13.4. The van der Waals surface area contributed by atoms with Crippen LogP contribution in [0.15, 0.2) is 47.4 Å². The van der Waals surface area contributed by atoms with Gasteiger partial charge in [0.15, 0.2) is 0 Å². The summed E-state index contributed by atoms with van der Waals surface area (Å²) in [6.07, 6.45) is -0.693. The number of nitro groups is 1. The van der Waals surface area contributed by atoms with Gasteiger partial charge in [-0.25, -0.2) is 4.79 Å². The molecule has 1 N–H and O–H groups in total. The molecule has 0 heterocycles. The van der Waals surface area contributed by atoms with Crippen LogP contribution in [0.3, 0.4) is 0 Å². The minimum atomic E-state index is -4.30. The summed E-state index contributed by atoms with van der Waals surface area (Å²) < 4.78 is 34.7. The molecule has 0 aliphatic carbocycles. The van der Waals surface area contributed by atoms with Crippen LogP contribution in [0.2, 0.25) is 0 Å². The minimum Gasteiger partial charge on any atom is -0.450 e. The minimum absolute atomic E-state index is 0.0293. The Morgan fingerprint density at radius 1 is 1.23 bits per heavy atom. The molecule has 2 rings (SSSR count). The first-order valence-electron chi connectivity index (χ1n) is 7.47. The van der Waals surface area contributed by atoms with Crippen LogP contribution >= 0.6 is 0 Å². The van der Waals surface area contributed by atoms with Gasteiger partial charge in [-0.1, -0.05) is 12.1 Å². The lowest BCUT2D eigenvalue weighted by Gasteiger charge is -2.11. The van der Waals surface area contributed by atoms with Gasteiger partial charge in [-0.15, -0.1) is 0 Å². The van der Waals surface area contributed by atoms with Gasteiger partial charge in [0, 0.05) is 23.4 Å². The molecule has 9 nitrogen and oxygen atoms in total. The lowest BCUT2D eigenvalue weighted by Crippen LogP contribution is -2.14. The van der Waals surface area contributed by atoms with Gasteiger partial charge in [0.1, 0.15) is 10.6 Å². The molecule has 0 spiro atoms. The largest absolute Gasteiger partial charge is 0.450 e. The summed E-state index contributed by atoms with van der Waals surface area (Å²) in [7, 11) is -4.30. The molecular weight excluding hydrogens is 364 g/mol. The van der Waals surface area contributed by atoms with E-state index in [2.05, 4.69) is 5.32 Å². The summed E-state index contributed by atoms with van der Waals surface area (Å²) >= 11 is 0. The highest BCUT2D eigenvalue weighted by Crippen LogP contribution is 2.28. The lowest BCUT2D eigenvalue weighted by atomic mass is 10.2. The van der Waals surface area contributed by atoms with E-state index in [1.165, 1.54) is 49.4 Å². The molecular formula is C16H16N2O7S. The van der Waals surface area contributed by atoms with Crippen LogP contribution in [-0.4, -0.2) is 26.0 Å². The Morgan fingerprint density at radius 3 is 2.58 bits per heavy atom. The Bertz CT molecular complexity index is 941. The number of nitrogens with zero attached hydrogens (tertiary/aromatic N) is 1. The van der Waals surface area contributed by atoms with Crippen LogP contribution in [0, 0.1) is 17.0 Å². The molecule has 0 radical (unpaired) electrons. The average Bonchev–Trinajstić information content (AvgIpc) is 2.54. The zero-order valence-electron chi connectivity index (χ0n) is 14.0. The van der Waals surface area contributed by atoms with Gasteiger partial charge in [0.25, 0.3) is 5.69 Å². The Balaban J connectivity index is 2.29. The van der Waals surface area contributed by atoms with E-state index in [0.717, 1.165) is 0 Å². The first-order valence-corrected chi connectivity index (χ1v) is 8.87. The first-order chi connectivity index (χ1) is 12.2. The number of anilines is 1. The number of nitro benzene ring substituents is 1. The van der Waals surface area contributed by atoms with Crippen molar-refractivity contribution in [2.24, 2.45) is 0 Å².